The lowest BCUT2D eigenvalue weighted by molar-refractivity contribution is 0.0980. The Labute approximate surface area is 184 Å². The first-order valence-corrected chi connectivity index (χ1v) is 10.6. The van der Waals surface area contributed by atoms with Crippen LogP contribution in [-0.4, -0.2) is 11.6 Å². The molecule has 1 aliphatic carbocycles. The molecular weight excluding hydrogens is 404 g/mol. The fourth-order valence-corrected chi connectivity index (χ4v) is 4.71. The first-order valence-electron chi connectivity index (χ1n) is 9.83. The molecule has 0 aliphatic heterocycles. The van der Waals surface area contributed by atoms with Crippen molar-refractivity contribution in [2.75, 3.05) is 11.1 Å². The van der Waals surface area contributed by atoms with Gasteiger partial charge in [0.05, 0.1) is 22.5 Å². The van der Waals surface area contributed by atoms with E-state index < -0.39 is 0 Å². The number of anilines is 3. The molecule has 0 aromatic heterocycles. The smallest absolute Gasteiger partial charge is 0.196 e. The number of rotatable bonds is 4. The highest BCUT2D eigenvalue weighted by Gasteiger charge is 2.34. The first-order chi connectivity index (χ1) is 15.1. The summed E-state index contributed by atoms with van der Waals surface area (Å²) in [6, 6.07) is 28.1. The number of nitrogens with one attached hydrogen (secondary N) is 1. The third-order valence-electron chi connectivity index (χ3n) is 5.22. The molecule has 4 aromatic rings. The zero-order valence-corrected chi connectivity index (χ0v) is 17.3. The van der Waals surface area contributed by atoms with E-state index in [1.165, 1.54) is 11.8 Å². The monoisotopic (exact) mass is 422 g/mol. The second-order valence-corrected chi connectivity index (χ2v) is 8.31. The Balaban J connectivity index is 1.72. The number of carbonyl (C=O) groups is 2. The van der Waals surface area contributed by atoms with Gasteiger partial charge >= 0.3 is 0 Å². The molecule has 5 rings (SSSR count). The van der Waals surface area contributed by atoms with Crippen LogP contribution in [0.5, 0.6) is 0 Å². The molecule has 4 nitrogen and oxygen atoms in total. The quantitative estimate of drug-likeness (QED) is 0.351. The highest BCUT2D eigenvalue weighted by Crippen LogP contribution is 2.43. The number of hydrogen-bond donors (Lipinski definition) is 2. The molecule has 5 heteroatoms. The van der Waals surface area contributed by atoms with E-state index in [2.05, 4.69) is 5.32 Å². The molecule has 0 fully saturated rings. The van der Waals surface area contributed by atoms with Gasteiger partial charge in [-0.15, -0.1) is 0 Å². The van der Waals surface area contributed by atoms with Crippen molar-refractivity contribution in [1.29, 1.82) is 0 Å². The average molecular weight is 423 g/mol. The topological polar surface area (TPSA) is 72.2 Å². The van der Waals surface area contributed by atoms with Gasteiger partial charge in [-0.1, -0.05) is 72.4 Å². The molecule has 0 saturated heterocycles. The van der Waals surface area contributed by atoms with Crippen molar-refractivity contribution in [3.05, 3.63) is 113 Å². The number of nitrogens with two attached hydrogens (primary N) is 1. The Morgan fingerprint density at radius 2 is 1.23 bits per heavy atom. The number of benzene rings is 4. The summed E-state index contributed by atoms with van der Waals surface area (Å²) < 4.78 is 0. The lowest BCUT2D eigenvalue weighted by Crippen LogP contribution is -2.24. The molecule has 0 heterocycles. The normalized spacial score (nSPS) is 12.3. The van der Waals surface area contributed by atoms with E-state index in [1.807, 2.05) is 66.7 Å². The van der Waals surface area contributed by atoms with Crippen molar-refractivity contribution in [2.24, 2.45) is 0 Å². The van der Waals surface area contributed by atoms with Gasteiger partial charge in [-0.05, 0) is 30.3 Å². The lowest BCUT2D eigenvalue weighted by atomic mass is 9.82. The third-order valence-corrected chi connectivity index (χ3v) is 6.29. The predicted octanol–water partition coefficient (Wildman–Crippen LogP) is 5.94. The Morgan fingerprint density at radius 3 is 1.87 bits per heavy atom. The van der Waals surface area contributed by atoms with Gasteiger partial charge in [0.2, 0.25) is 0 Å². The Morgan fingerprint density at radius 1 is 0.677 bits per heavy atom. The van der Waals surface area contributed by atoms with Crippen LogP contribution in [0.1, 0.15) is 31.8 Å². The summed E-state index contributed by atoms with van der Waals surface area (Å²) in [6.45, 7) is 0. The van der Waals surface area contributed by atoms with Crippen LogP contribution in [0.15, 0.2) is 101 Å². The van der Waals surface area contributed by atoms with Crippen LogP contribution >= 0.6 is 11.8 Å². The van der Waals surface area contributed by atoms with Crippen molar-refractivity contribution < 1.29 is 9.59 Å². The van der Waals surface area contributed by atoms with Crippen LogP contribution in [-0.2, 0) is 0 Å². The minimum absolute atomic E-state index is 0.202. The molecule has 150 valence electrons. The minimum atomic E-state index is -0.227. The van der Waals surface area contributed by atoms with Gasteiger partial charge in [0.25, 0.3) is 0 Å². The Hall–Kier alpha value is -3.83. The minimum Gasteiger partial charge on any atom is -0.397 e. The van der Waals surface area contributed by atoms with Gasteiger partial charge in [0, 0.05) is 26.6 Å². The molecular formula is C26H18N2O2S. The summed E-state index contributed by atoms with van der Waals surface area (Å²) >= 11 is 1.47. The average Bonchev–Trinajstić information content (AvgIpc) is 2.81. The second-order valence-electron chi connectivity index (χ2n) is 7.20. The van der Waals surface area contributed by atoms with Gasteiger partial charge in [0.1, 0.15) is 0 Å². The van der Waals surface area contributed by atoms with Gasteiger partial charge in [-0.2, -0.15) is 0 Å². The van der Waals surface area contributed by atoms with E-state index in [9.17, 15) is 9.59 Å². The highest BCUT2D eigenvalue weighted by molar-refractivity contribution is 7.99. The van der Waals surface area contributed by atoms with Crippen LogP contribution in [0, 0.1) is 0 Å². The summed E-state index contributed by atoms with van der Waals surface area (Å²) in [5, 5.41) is 3.33. The maximum Gasteiger partial charge on any atom is 0.196 e. The van der Waals surface area contributed by atoms with Crippen molar-refractivity contribution in [1.82, 2.24) is 0 Å². The zero-order valence-electron chi connectivity index (χ0n) is 16.5. The molecule has 0 bridgehead atoms. The summed E-state index contributed by atoms with van der Waals surface area (Å²) in [5.41, 5.74) is 9.60. The number of fused-ring (bicyclic) bond motifs is 2. The Bertz CT molecular complexity index is 1320. The Kier molecular flexibility index (Phi) is 4.81. The van der Waals surface area contributed by atoms with Crippen molar-refractivity contribution in [3.8, 4) is 0 Å². The number of hydrogen-bond acceptors (Lipinski definition) is 5. The van der Waals surface area contributed by atoms with Gasteiger partial charge in [-0.3, -0.25) is 9.59 Å². The maximum absolute atomic E-state index is 13.4. The van der Waals surface area contributed by atoms with Crippen molar-refractivity contribution >= 4 is 40.4 Å². The van der Waals surface area contributed by atoms with E-state index >= 15 is 0 Å². The van der Waals surface area contributed by atoms with Crippen molar-refractivity contribution in [2.45, 2.75) is 9.79 Å². The van der Waals surface area contributed by atoms with E-state index in [1.54, 1.807) is 24.3 Å². The van der Waals surface area contributed by atoms with E-state index in [4.69, 9.17) is 5.73 Å². The summed E-state index contributed by atoms with van der Waals surface area (Å²) in [4.78, 5) is 28.6. The standard InChI is InChI=1S/C26H18N2O2S/c27-24-21(31-17-11-5-2-6-12-17)15-20(28-16-9-3-1-4-10-16)22-23(24)26(30)19-14-8-7-13-18(19)25(22)29/h1-15,28H,27H2. The van der Waals surface area contributed by atoms with Crippen LogP contribution < -0.4 is 11.1 Å². The fraction of sp³-hybridized carbons (Fsp3) is 0. The molecule has 0 radical (unpaired) electrons. The summed E-state index contributed by atoms with van der Waals surface area (Å²) in [7, 11) is 0. The van der Waals surface area contributed by atoms with Gasteiger partial charge in [0.15, 0.2) is 11.6 Å². The number of para-hydroxylation sites is 1. The molecule has 3 N–H and O–H groups in total. The molecule has 1 aliphatic rings. The van der Waals surface area contributed by atoms with E-state index in [0.717, 1.165) is 15.5 Å². The molecule has 0 spiro atoms. The van der Waals surface area contributed by atoms with Crippen LogP contribution in [0.25, 0.3) is 0 Å². The first kappa shape index (κ1) is 19.2. The fourth-order valence-electron chi connectivity index (χ4n) is 3.77. The molecule has 0 saturated carbocycles. The van der Waals surface area contributed by atoms with Gasteiger partial charge in [-0.25, -0.2) is 0 Å². The number of carbonyl (C=O) groups excluding carboxylic acids is 2. The summed E-state index contributed by atoms with van der Waals surface area (Å²) in [5.74, 6) is -0.430. The SMILES string of the molecule is Nc1c(Sc2ccccc2)cc(Nc2ccccc2)c2c1C(=O)c1ccccc1C2=O. The molecule has 4 aromatic carbocycles. The molecule has 0 atom stereocenters. The van der Waals surface area contributed by atoms with Crippen LogP contribution in [0.3, 0.4) is 0 Å². The van der Waals surface area contributed by atoms with Crippen LogP contribution in [0.2, 0.25) is 0 Å². The van der Waals surface area contributed by atoms with E-state index in [-0.39, 0.29) is 17.1 Å². The maximum atomic E-state index is 13.4. The highest BCUT2D eigenvalue weighted by atomic mass is 32.2. The lowest BCUT2D eigenvalue weighted by Gasteiger charge is -2.24. The third kappa shape index (κ3) is 3.39. The van der Waals surface area contributed by atoms with Gasteiger partial charge < -0.3 is 11.1 Å². The number of nitrogen functional groups attached to an aromatic ring is 1. The number of ketones is 2. The molecule has 0 unspecified atom stereocenters. The van der Waals surface area contributed by atoms with Crippen LogP contribution in [0.4, 0.5) is 17.1 Å². The summed E-state index contributed by atoms with van der Waals surface area (Å²) in [6.07, 6.45) is 0. The van der Waals surface area contributed by atoms with E-state index in [0.29, 0.717) is 28.1 Å². The molecule has 31 heavy (non-hydrogen) atoms. The molecule has 0 amide bonds. The van der Waals surface area contributed by atoms with Crippen molar-refractivity contribution in [3.63, 3.8) is 0 Å². The zero-order chi connectivity index (χ0) is 21.4. The predicted molar refractivity (Wildman–Crippen MR) is 124 cm³/mol. The largest absolute Gasteiger partial charge is 0.397 e. The second kappa shape index (κ2) is 7.78.